The summed E-state index contributed by atoms with van der Waals surface area (Å²) in [5.41, 5.74) is 7.04. The van der Waals surface area contributed by atoms with Crippen molar-refractivity contribution < 1.29 is 23.9 Å². The fraction of sp³-hybridized carbons (Fsp3) is 0.643. The van der Waals surface area contributed by atoms with Crippen molar-refractivity contribution in [1.82, 2.24) is 26.2 Å². The first-order chi connectivity index (χ1) is 18.8. The van der Waals surface area contributed by atoms with E-state index in [1.54, 1.807) is 12.0 Å². The van der Waals surface area contributed by atoms with E-state index in [4.69, 9.17) is 10.5 Å². The van der Waals surface area contributed by atoms with Crippen LogP contribution in [-0.4, -0.2) is 79.6 Å². The van der Waals surface area contributed by atoms with Crippen LogP contribution in [-0.2, 0) is 20.8 Å². The summed E-state index contributed by atoms with van der Waals surface area (Å²) in [5, 5.41) is 11.4. The summed E-state index contributed by atoms with van der Waals surface area (Å²) in [5.74, 6) is -0.206. The number of nitrogens with two attached hydrogens (primary N) is 1. The molecule has 0 radical (unpaired) electrons. The fourth-order valence-corrected chi connectivity index (χ4v) is 5.46. The Bertz CT molecular complexity index is 987. The quantitative estimate of drug-likeness (QED) is 0.265. The standard InChI is InChI=1S/C28H44N6O5/c1-4-22(29)25(35)33-24-19(15-17-32-28(38)30-5-2)8-9-20-10-13-23(34(20)27(24)37)26(36)31-16-14-18-6-11-21(39-3)12-7-18/h6-7,11-12,19-20,22-24H,4-5,8-10,13-17,29H2,1-3H3,(H,31,36)(H,33,35)(H2,30,32,38)/t19-,20+,22+,23+,24+/m1/s1. The lowest BCUT2D eigenvalue weighted by Gasteiger charge is -2.32. The highest BCUT2D eigenvalue weighted by Gasteiger charge is 2.47. The second kappa shape index (κ2) is 14.7. The van der Waals surface area contributed by atoms with E-state index in [9.17, 15) is 19.2 Å². The topological polar surface area (TPSA) is 155 Å². The molecule has 2 fully saturated rings. The zero-order chi connectivity index (χ0) is 28.4. The van der Waals surface area contributed by atoms with Gasteiger partial charge in [-0.25, -0.2) is 4.79 Å². The van der Waals surface area contributed by atoms with Crippen molar-refractivity contribution in [3.8, 4) is 5.75 Å². The average Bonchev–Trinajstić information content (AvgIpc) is 3.32. The Morgan fingerprint density at radius 1 is 1.03 bits per heavy atom. The predicted molar refractivity (Wildman–Crippen MR) is 148 cm³/mol. The van der Waals surface area contributed by atoms with Crippen molar-refractivity contribution in [2.75, 3.05) is 26.7 Å². The number of amides is 5. The van der Waals surface area contributed by atoms with Gasteiger partial charge in [-0.1, -0.05) is 19.1 Å². The van der Waals surface area contributed by atoms with Crippen LogP contribution in [0.1, 0.15) is 57.9 Å². The number of methoxy groups -OCH3 is 1. The van der Waals surface area contributed by atoms with E-state index in [1.807, 2.05) is 38.1 Å². The van der Waals surface area contributed by atoms with Crippen LogP contribution >= 0.6 is 0 Å². The highest BCUT2D eigenvalue weighted by Crippen LogP contribution is 2.35. The highest BCUT2D eigenvalue weighted by molar-refractivity contribution is 5.94. The molecule has 0 bridgehead atoms. The first-order valence-electron chi connectivity index (χ1n) is 14.1. The van der Waals surface area contributed by atoms with Crippen LogP contribution in [0.5, 0.6) is 5.75 Å². The molecule has 0 saturated carbocycles. The third-order valence-electron chi connectivity index (χ3n) is 7.75. The first kappa shape index (κ1) is 30.2. The van der Waals surface area contributed by atoms with Crippen molar-refractivity contribution in [2.24, 2.45) is 11.7 Å². The van der Waals surface area contributed by atoms with Gasteiger partial charge in [-0.15, -0.1) is 0 Å². The van der Waals surface area contributed by atoms with Gasteiger partial charge in [-0.2, -0.15) is 0 Å². The van der Waals surface area contributed by atoms with E-state index >= 15 is 0 Å². The molecule has 6 N–H and O–H groups in total. The maximum absolute atomic E-state index is 13.9. The van der Waals surface area contributed by atoms with Gasteiger partial charge < -0.3 is 36.6 Å². The highest BCUT2D eigenvalue weighted by atomic mass is 16.5. The number of ether oxygens (including phenoxy) is 1. The molecule has 0 unspecified atom stereocenters. The number of nitrogens with one attached hydrogen (secondary N) is 4. The van der Waals surface area contributed by atoms with Gasteiger partial charge in [-0.05, 0) is 75.5 Å². The van der Waals surface area contributed by atoms with Crippen LogP contribution in [0.2, 0.25) is 0 Å². The second-order valence-corrected chi connectivity index (χ2v) is 10.3. The van der Waals surface area contributed by atoms with Crippen molar-refractivity contribution in [2.45, 2.75) is 83.0 Å². The normalized spacial score (nSPS) is 23.3. The minimum atomic E-state index is -0.802. The maximum Gasteiger partial charge on any atom is 0.314 e. The molecule has 1 aromatic rings. The van der Waals surface area contributed by atoms with Gasteiger partial charge in [-0.3, -0.25) is 14.4 Å². The van der Waals surface area contributed by atoms with Crippen molar-refractivity contribution in [1.29, 1.82) is 0 Å². The Morgan fingerprint density at radius 3 is 2.41 bits per heavy atom. The zero-order valence-electron chi connectivity index (χ0n) is 23.3. The minimum Gasteiger partial charge on any atom is -0.497 e. The molecule has 0 spiro atoms. The fourth-order valence-electron chi connectivity index (χ4n) is 5.46. The lowest BCUT2D eigenvalue weighted by molar-refractivity contribution is -0.143. The molecule has 216 valence electrons. The Hall–Kier alpha value is -3.34. The predicted octanol–water partition coefficient (Wildman–Crippen LogP) is 1.05. The molecule has 5 amide bonds. The van der Waals surface area contributed by atoms with Crippen LogP contribution < -0.4 is 31.7 Å². The second-order valence-electron chi connectivity index (χ2n) is 10.3. The van der Waals surface area contributed by atoms with Gasteiger partial charge in [0.05, 0.1) is 13.2 Å². The van der Waals surface area contributed by atoms with Crippen LogP contribution in [0.4, 0.5) is 4.79 Å². The molecule has 1 aromatic carbocycles. The molecule has 2 aliphatic heterocycles. The summed E-state index contributed by atoms with van der Waals surface area (Å²) >= 11 is 0. The first-order valence-corrected chi connectivity index (χ1v) is 14.1. The van der Waals surface area contributed by atoms with Gasteiger partial charge in [0.25, 0.3) is 0 Å². The minimum absolute atomic E-state index is 0.0598. The van der Waals surface area contributed by atoms with Gasteiger partial charge >= 0.3 is 6.03 Å². The van der Waals surface area contributed by atoms with E-state index in [0.29, 0.717) is 51.7 Å². The largest absolute Gasteiger partial charge is 0.497 e. The van der Waals surface area contributed by atoms with Crippen molar-refractivity contribution in [3.63, 3.8) is 0 Å². The summed E-state index contributed by atoms with van der Waals surface area (Å²) in [7, 11) is 1.62. The third-order valence-corrected chi connectivity index (χ3v) is 7.75. The van der Waals surface area contributed by atoms with E-state index in [0.717, 1.165) is 24.2 Å². The van der Waals surface area contributed by atoms with Gasteiger partial charge in [0, 0.05) is 25.7 Å². The molecule has 11 heteroatoms. The average molecular weight is 545 g/mol. The Morgan fingerprint density at radius 2 is 1.74 bits per heavy atom. The van der Waals surface area contributed by atoms with Crippen LogP contribution in [0, 0.1) is 5.92 Å². The van der Waals surface area contributed by atoms with Gasteiger partial charge in [0.1, 0.15) is 17.8 Å². The van der Waals surface area contributed by atoms with Crippen molar-refractivity contribution in [3.05, 3.63) is 29.8 Å². The number of nitrogens with zero attached hydrogens (tertiary/aromatic N) is 1. The van der Waals surface area contributed by atoms with Crippen LogP contribution in [0.25, 0.3) is 0 Å². The molecular formula is C28H44N6O5. The van der Waals surface area contributed by atoms with Gasteiger partial charge in [0.15, 0.2) is 0 Å². The number of fused-ring (bicyclic) bond motifs is 1. The molecule has 3 rings (SSSR count). The number of hydrogen-bond acceptors (Lipinski definition) is 6. The molecule has 39 heavy (non-hydrogen) atoms. The summed E-state index contributed by atoms with van der Waals surface area (Å²) in [6, 6.07) is 5.27. The smallest absolute Gasteiger partial charge is 0.314 e. The summed E-state index contributed by atoms with van der Waals surface area (Å²) < 4.78 is 5.19. The van der Waals surface area contributed by atoms with E-state index < -0.39 is 18.1 Å². The monoisotopic (exact) mass is 544 g/mol. The summed E-state index contributed by atoms with van der Waals surface area (Å²) in [6.07, 6.45) is 4.39. The number of carbonyl (C=O) groups is 4. The van der Waals surface area contributed by atoms with Crippen molar-refractivity contribution >= 4 is 23.8 Å². The Balaban J connectivity index is 1.67. The maximum atomic E-state index is 13.9. The van der Waals surface area contributed by atoms with Crippen LogP contribution in [0.3, 0.4) is 0 Å². The molecule has 2 heterocycles. The molecule has 5 atom stereocenters. The van der Waals surface area contributed by atoms with E-state index in [-0.39, 0.29) is 35.7 Å². The number of hydrogen-bond donors (Lipinski definition) is 5. The van der Waals surface area contributed by atoms with E-state index in [1.165, 1.54) is 0 Å². The molecule has 0 aromatic heterocycles. The van der Waals surface area contributed by atoms with Gasteiger partial charge in [0.2, 0.25) is 17.7 Å². The Labute approximate surface area is 231 Å². The number of rotatable bonds is 12. The molecule has 0 aliphatic carbocycles. The number of carbonyl (C=O) groups excluding carboxylic acids is 4. The zero-order valence-corrected chi connectivity index (χ0v) is 23.3. The number of urea groups is 1. The summed E-state index contributed by atoms with van der Waals surface area (Å²) in [6.45, 7) is 4.99. The molecule has 2 aliphatic rings. The SMILES string of the molecule is CCNC(=O)NCC[C@H]1CC[C@H]2CC[C@@H](C(=O)NCCc3ccc(OC)cc3)N2C(=O)[C@H]1NC(=O)[C@@H](N)CC. The lowest BCUT2D eigenvalue weighted by Crippen LogP contribution is -2.58. The number of benzene rings is 1. The van der Waals surface area contributed by atoms with Crippen LogP contribution in [0.15, 0.2) is 24.3 Å². The molecular weight excluding hydrogens is 500 g/mol. The lowest BCUT2D eigenvalue weighted by atomic mass is 9.90. The third kappa shape index (κ3) is 8.08. The van der Waals surface area contributed by atoms with E-state index in [2.05, 4.69) is 21.3 Å². The Kier molecular flexibility index (Phi) is 11.4. The summed E-state index contributed by atoms with van der Waals surface area (Å²) in [4.78, 5) is 53.5. The molecule has 11 nitrogen and oxygen atoms in total. The molecule has 2 saturated heterocycles.